The van der Waals surface area contributed by atoms with Gasteiger partial charge in [0.2, 0.25) is 0 Å². The molecule has 2 aliphatic heterocycles. The van der Waals surface area contributed by atoms with Crippen molar-refractivity contribution in [3.63, 3.8) is 0 Å². The van der Waals surface area contributed by atoms with Gasteiger partial charge in [0.1, 0.15) is 5.82 Å². The Labute approximate surface area is 184 Å². The van der Waals surface area contributed by atoms with Gasteiger partial charge in [0.15, 0.2) is 5.11 Å². The molecule has 6 nitrogen and oxygen atoms in total. The van der Waals surface area contributed by atoms with E-state index in [1.165, 1.54) is 5.56 Å². The zero-order valence-corrected chi connectivity index (χ0v) is 18.5. The number of piperazine rings is 1. The number of nitrogens with zero attached hydrogens (tertiary/aromatic N) is 3. The number of pyridine rings is 1. The number of ether oxygens (including phenoxy) is 1. The molecule has 0 atom stereocenters. The van der Waals surface area contributed by atoms with E-state index in [4.69, 9.17) is 17.0 Å². The third-order valence-corrected chi connectivity index (χ3v) is 6.50. The summed E-state index contributed by atoms with van der Waals surface area (Å²) in [6, 6.07) is 14.8. The molecule has 2 saturated heterocycles. The third-order valence-electron chi connectivity index (χ3n) is 6.26. The van der Waals surface area contributed by atoms with Crippen molar-refractivity contribution in [1.29, 1.82) is 0 Å². The number of benzene rings is 1. The van der Waals surface area contributed by atoms with Crippen molar-refractivity contribution in [1.82, 2.24) is 15.2 Å². The van der Waals surface area contributed by atoms with Crippen LogP contribution in [0.2, 0.25) is 0 Å². The van der Waals surface area contributed by atoms with Crippen LogP contribution in [0.4, 0.5) is 11.5 Å². The van der Waals surface area contributed by atoms with Gasteiger partial charge < -0.3 is 25.2 Å². The quantitative estimate of drug-likeness (QED) is 0.715. The molecule has 1 aromatic heterocycles. The molecule has 0 radical (unpaired) electrons. The number of hydrogen-bond donors (Lipinski definition) is 2. The van der Waals surface area contributed by atoms with Gasteiger partial charge in [-0.05, 0) is 49.8 Å². The lowest BCUT2D eigenvalue weighted by Crippen LogP contribution is -2.45. The molecule has 3 heterocycles. The maximum atomic E-state index is 5.62. The van der Waals surface area contributed by atoms with Gasteiger partial charge in [-0.2, -0.15) is 0 Å². The third kappa shape index (κ3) is 5.09. The average Bonchev–Trinajstić information content (AvgIpc) is 2.80. The van der Waals surface area contributed by atoms with E-state index in [0.717, 1.165) is 70.3 Å². The zero-order valence-electron chi connectivity index (χ0n) is 17.6. The fourth-order valence-electron chi connectivity index (χ4n) is 4.23. The number of aromatic nitrogens is 1. The largest absolute Gasteiger partial charge is 0.381 e. The summed E-state index contributed by atoms with van der Waals surface area (Å²) in [5.41, 5.74) is 2.31. The van der Waals surface area contributed by atoms with Crippen LogP contribution in [-0.2, 0) is 10.2 Å². The molecule has 7 heteroatoms. The Hall–Kier alpha value is -2.22. The summed E-state index contributed by atoms with van der Waals surface area (Å²) in [6.45, 7) is 6.54. The highest BCUT2D eigenvalue weighted by Crippen LogP contribution is 2.34. The molecule has 0 bridgehead atoms. The van der Waals surface area contributed by atoms with Crippen molar-refractivity contribution < 1.29 is 4.74 Å². The molecule has 2 fully saturated rings. The molecule has 0 unspecified atom stereocenters. The van der Waals surface area contributed by atoms with Crippen molar-refractivity contribution in [2.75, 3.05) is 63.2 Å². The van der Waals surface area contributed by atoms with Crippen LogP contribution in [0.15, 0.2) is 48.7 Å². The lowest BCUT2D eigenvalue weighted by atomic mass is 9.74. The SMILES string of the molecule is CN1CCN(c2ccc(NC(=S)NCC3(c4ccccc4)CCOCC3)cn2)CC1. The van der Waals surface area contributed by atoms with Crippen LogP contribution in [0.3, 0.4) is 0 Å². The number of thiocarbonyl (C=S) groups is 1. The average molecular weight is 426 g/mol. The molecule has 2 aromatic rings. The normalized spacial score (nSPS) is 19.3. The van der Waals surface area contributed by atoms with E-state index >= 15 is 0 Å². The molecular weight excluding hydrogens is 394 g/mol. The highest BCUT2D eigenvalue weighted by molar-refractivity contribution is 7.80. The molecule has 4 rings (SSSR count). The van der Waals surface area contributed by atoms with Crippen molar-refractivity contribution >= 4 is 28.8 Å². The first-order valence-corrected chi connectivity index (χ1v) is 11.1. The fraction of sp³-hybridized carbons (Fsp3) is 0.478. The van der Waals surface area contributed by atoms with Crippen molar-refractivity contribution in [3.8, 4) is 0 Å². The maximum absolute atomic E-state index is 5.62. The van der Waals surface area contributed by atoms with E-state index in [1.807, 2.05) is 6.20 Å². The Morgan fingerprint density at radius 3 is 2.47 bits per heavy atom. The van der Waals surface area contributed by atoms with Gasteiger partial charge in [-0.1, -0.05) is 30.3 Å². The first kappa shape index (κ1) is 21.0. The second-order valence-corrected chi connectivity index (χ2v) is 8.67. The van der Waals surface area contributed by atoms with Gasteiger partial charge >= 0.3 is 0 Å². The summed E-state index contributed by atoms with van der Waals surface area (Å²) < 4.78 is 5.62. The number of rotatable bonds is 5. The molecule has 2 N–H and O–H groups in total. The highest BCUT2D eigenvalue weighted by Gasteiger charge is 2.34. The molecule has 0 aliphatic carbocycles. The Kier molecular flexibility index (Phi) is 6.82. The van der Waals surface area contributed by atoms with E-state index in [9.17, 15) is 0 Å². The minimum absolute atomic E-state index is 0.0504. The molecule has 30 heavy (non-hydrogen) atoms. The van der Waals surface area contributed by atoms with Crippen LogP contribution in [-0.4, -0.2) is 68.0 Å². The van der Waals surface area contributed by atoms with Crippen LogP contribution in [0.25, 0.3) is 0 Å². The molecular formula is C23H31N5OS. The molecule has 0 saturated carbocycles. The molecule has 160 valence electrons. The summed E-state index contributed by atoms with van der Waals surface area (Å²) in [7, 11) is 2.16. The van der Waals surface area contributed by atoms with E-state index in [0.29, 0.717) is 5.11 Å². The Bertz CT molecular complexity index is 815. The van der Waals surface area contributed by atoms with Gasteiger partial charge in [0.05, 0.1) is 11.9 Å². The predicted octanol–water partition coefficient (Wildman–Crippen LogP) is 2.87. The predicted molar refractivity (Wildman–Crippen MR) is 126 cm³/mol. The topological polar surface area (TPSA) is 52.7 Å². The van der Waals surface area contributed by atoms with Gasteiger partial charge in [-0.15, -0.1) is 0 Å². The van der Waals surface area contributed by atoms with Crippen LogP contribution in [0.1, 0.15) is 18.4 Å². The fourth-order valence-corrected chi connectivity index (χ4v) is 4.42. The van der Waals surface area contributed by atoms with E-state index in [2.05, 4.69) is 74.9 Å². The summed E-state index contributed by atoms with van der Waals surface area (Å²) in [4.78, 5) is 9.31. The van der Waals surface area contributed by atoms with Gasteiger partial charge in [0, 0.05) is 51.4 Å². The summed E-state index contributed by atoms with van der Waals surface area (Å²) in [6.07, 6.45) is 3.85. The number of hydrogen-bond acceptors (Lipinski definition) is 5. The number of nitrogens with one attached hydrogen (secondary N) is 2. The van der Waals surface area contributed by atoms with Gasteiger partial charge in [-0.25, -0.2) is 4.98 Å². The van der Waals surface area contributed by atoms with Gasteiger partial charge in [-0.3, -0.25) is 0 Å². The molecule has 2 aliphatic rings. The lowest BCUT2D eigenvalue weighted by molar-refractivity contribution is 0.0515. The summed E-state index contributed by atoms with van der Waals surface area (Å²) in [5, 5.41) is 7.36. The standard InChI is InChI=1S/C23H31N5OS/c1-27-11-13-28(14-12-27)21-8-7-20(17-24-21)26-22(30)25-18-23(9-15-29-16-10-23)19-5-3-2-4-6-19/h2-8,17H,9-16,18H2,1H3,(H2,25,26,30). The second kappa shape index (κ2) is 9.73. The Balaban J connectivity index is 1.34. The van der Waals surface area contributed by atoms with Crippen LogP contribution < -0.4 is 15.5 Å². The molecule has 1 aromatic carbocycles. The van der Waals surface area contributed by atoms with E-state index < -0.39 is 0 Å². The van der Waals surface area contributed by atoms with E-state index in [1.54, 1.807) is 0 Å². The van der Waals surface area contributed by atoms with Crippen molar-refractivity contribution in [2.45, 2.75) is 18.3 Å². The molecule has 0 spiro atoms. The maximum Gasteiger partial charge on any atom is 0.170 e. The minimum atomic E-state index is 0.0504. The number of likely N-dealkylation sites (N-methyl/N-ethyl adjacent to an activating group) is 1. The number of anilines is 2. The zero-order chi connectivity index (χ0) is 20.8. The monoisotopic (exact) mass is 425 g/mol. The second-order valence-electron chi connectivity index (χ2n) is 8.26. The van der Waals surface area contributed by atoms with Crippen LogP contribution in [0.5, 0.6) is 0 Å². The lowest BCUT2D eigenvalue weighted by Gasteiger charge is -2.38. The molecule has 0 amide bonds. The first-order valence-electron chi connectivity index (χ1n) is 10.7. The smallest absolute Gasteiger partial charge is 0.170 e. The minimum Gasteiger partial charge on any atom is -0.381 e. The summed E-state index contributed by atoms with van der Waals surface area (Å²) in [5.74, 6) is 1.03. The van der Waals surface area contributed by atoms with Crippen molar-refractivity contribution in [2.24, 2.45) is 0 Å². The van der Waals surface area contributed by atoms with Crippen LogP contribution in [0, 0.1) is 0 Å². The van der Waals surface area contributed by atoms with Crippen LogP contribution >= 0.6 is 12.2 Å². The Morgan fingerprint density at radius 2 is 1.80 bits per heavy atom. The first-order chi connectivity index (χ1) is 14.6. The van der Waals surface area contributed by atoms with Gasteiger partial charge in [0.25, 0.3) is 0 Å². The van der Waals surface area contributed by atoms with Crippen molar-refractivity contribution in [3.05, 3.63) is 54.2 Å². The Morgan fingerprint density at radius 1 is 1.07 bits per heavy atom. The highest BCUT2D eigenvalue weighted by atomic mass is 32.1. The van der Waals surface area contributed by atoms with E-state index in [-0.39, 0.29) is 5.41 Å². The summed E-state index contributed by atoms with van der Waals surface area (Å²) >= 11 is 5.58.